The number of carbonyl (C=O) groups is 2. The first-order chi connectivity index (χ1) is 12.9. The van der Waals surface area contributed by atoms with Crippen LogP contribution in [-0.4, -0.2) is 31.5 Å². The Kier molecular flexibility index (Phi) is 7.23. The van der Waals surface area contributed by atoms with Crippen LogP contribution in [0.2, 0.25) is 0 Å². The van der Waals surface area contributed by atoms with Crippen molar-refractivity contribution >= 4 is 23.2 Å². The number of ether oxygens (including phenoxy) is 1. The van der Waals surface area contributed by atoms with Gasteiger partial charge in [-0.2, -0.15) is 0 Å². The van der Waals surface area contributed by atoms with Crippen LogP contribution in [0.25, 0.3) is 0 Å². The Bertz CT molecular complexity index is 777. The molecule has 0 radical (unpaired) electrons. The van der Waals surface area contributed by atoms with Crippen LogP contribution in [0, 0.1) is 0 Å². The molecule has 0 bridgehead atoms. The maximum absolute atomic E-state index is 12.5. The molecule has 0 saturated heterocycles. The Morgan fingerprint density at radius 2 is 1.78 bits per heavy atom. The van der Waals surface area contributed by atoms with Gasteiger partial charge in [0.05, 0.1) is 12.8 Å². The standard InChI is InChI=1S/C21H27N3O3/c1-14(17-8-6-5-7-9-17)13-22-21(26)15(2)23-19-12-18(24-16(3)25)10-11-20(19)27-4/h5-12,14-15,23H,13H2,1-4H3,(H,22,26)(H,24,25)/t14-,15+/m0/s1. The van der Waals surface area contributed by atoms with Crippen molar-refractivity contribution in [1.29, 1.82) is 0 Å². The van der Waals surface area contributed by atoms with Crippen molar-refractivity contribution in [1.82, 2.24) is 5.32 Å². The van der Waals surface area contributed by atoms with Crippen molar-refractivity contribution in [3.05, 3.63) is 54.1 Å². The molecule has 0 aliphatic heterocycles. The third-order valence-electron chi connectivity index (χ3n) is 4.24. The summed E-state index contributed by atoms with van der Waals surface area (Å²) in [5.74, 6) is 0.554. The molecule has 0 fully saturated rings. The van der Waals surface area contributed by atoms with Crippen LogP contribution in [0.15, 0.2) is 48.5 Å². The Morgan fingerprint density at radius 1 is 1.07 bits per heavy atom. The highest BCUT2D eigenvalue weighted by atomic mass is 16.5. The molecule has 2 aromatic carbocycles. The third kappa shape index (κ3) is 6.02. The quantitative estimate of drug-likeness (QED) is 0.666. The summed E-state index contributed by atoms with van der Waals surface area (Å²) in [6.07, 6.45) is 0. The molecule has 0 aliphatic rings. The Balaban J connectivity index is 1.98. The number of nitrogens with one attached hydrogen (secondary N) is 3. The lowest BCUT2D eigenvalue weighted by Gasteiger charge is -2.20. The Labute approximate surface area is 160 Å². The second kappa shape index (κ2) is 9.62. The maximum atomic E-state index is 12.5. The minimum absolute atomic E-state index is 0.107. The molecule has 0 heterocycles. The Morgan fingerprint density at radius 3 is 2.41 bits per heavy atom. The summed E-state index contributed by atoms with van der Waals surface area (Å²) in [7, 11) is 1.56. The monoisotopic (exact) mass is 369 g/mol. The normalized spacial score (nSPS) is 12.6. The zero-order chi connectivity index (χ0) is 19.8. The van der Waals surface area contributed by atoms with E-state index in [0.717, 1.165) is 0 Å². The summed E-state index contributed by atoms with van der Waals surface area (Å²) in [4.78, 5) is 23.7. The van der Waals surface area contributed by atoms with Gasteiger partial charge in [-0.1, -0.05) is 37.3 Å². The van der Waals surface area contributed by atoms with E-state index in [4.69, 9.17) is 4.74 Å². The highest BCUT2D eigenvalue weighted by molar-refractivity contribution is 5.90. The molecule has 0 aliphatic carbocycles. The molecule has 0 unspecified atom stereocenters. The van der Waals surface area contributed by atoms with E-state index in [-0.39, 0.29) is 17.7 Å². The topological polar surface area (TPSA) is 79.5 Å². The van der Waals surface area contributed by atoms with E-state index < -0.39 is 6.04 Å². The van der Waals surface area contributed by atoms with Gasteiger partial charge in [-0.3, -0.25) is 9.59 Å². The van der Waals surface area contributed by atoms with Gasteiger partial charge in [0.15, 0.2) is 0 Å². The molecule has 3 N–H and O–H groups in total. The lowest BCUT2D eigenvalue weighted by atomic mass is 10.0. The van der Waals surface area contributed by atoms with E-state index in [1.54, 1.807) is 32.2 Å². The fourth-order valence-corrected chi connectivity index (χ4v) is 2.71. The molecule has 6 heteroatoms. The van der Waals surface area contributed by atoms with Crippen LogP contribution in [0.4, 0.5) is 11.4 Å². The van der Waals surface area contributed by atoms with Crippen molar-refractivity contribution in [2.45, 2.75) is 32.7 Å². The fraction of sp³-hybridized carbons (Fsp3) is 0.333. The zero-order valence-electron chi connectivity index (χ0n) is 16.2. The van der Waals surface area contributed by atoms with Crippen molar-refractivity contribution in [3.8, 4) is 5.75 Å². The van der Waals surface area contributed by atoms with Crippen molar-refractivity contribution in [3.63, 3.8) is 0 Å². The number of hydrogen-bond donors (Lipinski definition) is 3. The predicted octanol–water partition coefficient (Wildman–Crippen LogP) is 3.37. The van der Waals surface area contributed by atoms with Gasteiger partial charge in [-0.05, 0) is 36.6 Å². The summed E-state index contributed by atoms with van der Waals surface area (Å²) >= 11 is 0. The average Bonchev–Trinajstić information content (AvgIpc) is 2.66. The van der Waals surface area contributed by atoms with Crippen molar-refractivity contribution < 1.29 is 14.3 Å². The molecule has 27 heavy (non-hydrogen) atoms. The summed E-state index contributed by atoms with van der Waals surface area (Å²) in [5, 5.41) is 8.85. The highest BCUT2D eigenvalue weighted by Crippen LogP contribution is 2.28. The maximum Gasteiger partial charge on any atom is 0.242 e. The first-order valence-corrected chi connectivity index (χ1v) is 8.95. The Hall–Kier alpha value is -3.02. The summed E-state index contributed by atoms with van der Waals surface area (Å²) in [6, 6.07) is 14.8. The van der Waals surface area contributed by atoms with Gasteiger partial charge in [-0.25, -0.2) is 0 Å². The molecule has 6 nitrogen and oxygen atoms in total. The van der Waals surface area contributed by atoms with Gasteiger partial charge in [0.1, 0.15) is 11.8 Å². The second-order valence-corrected chi connectivity index (χ2v) is 6.52. The molecule has 144 valence electrons. The van der Waals surface area contributed by atoms with E-state index in [0.29, 0.717) is 23.7 Å². The van der Waals surface area contributed by atoms with Crippen molar-refractivity contribution in [2.75, 3.05) is 24.3 Å². The predicted molar refractivity (Wildman–Crippen MR) is 108 cm³/mol. The summed E-state index contributed by atoms with van der Waals surface area (Å²) in [5.41, 5.74) is 2.46. The van der Waals surface area contributed by atoms with Crippen LogP contribution in [-0.2, 0) is 9.59 Å². The largest absolute Gasteiger partial charge is 0.495 e. The number of anilines is 2. The van der Waals surface area contributed by atoms with E-state index in [9.17, 15) is 9.59 Å². The van der Waals surface area contributed by atoms with Crippen LogP contribution < -0.4 is 20.7 Å². The van der Waals surface area contributed by atoms with E-state index in [1.165, 1.54) is 12.5 Å². The van der Waals surface area contributed by atoms with Crippen molar-refractivity contribution in [2.24, 2.45) is 0 Å². The van der Waals surface area contributed by atoms with Gasteiger partial charge in [0.2, 0.25) is 11.8 Å². The highest BCUT2D eigenvalue weighted by Gasteiger charge is 2.16. The van der Waals surface area contributed by atoms with Gasteiger partial charge < -0.3 is 20.7 Å². The lowest BCUT2D eigenvalue weighted by molar-refractivity contribution is -0.121. The van der Waals surface area contributed by atoms with E-state index in [1.807, 2.05) is 18.2 Å². The number of rotatable bonds is 8. The lowest BCUT2D eigenvalue weighted by Crippen LogP contribution is -2.39. The molecular weight excluding hydrogens is 342 g/mol. The van der Waals surface area contributed by atoms with Gasteiger partial charge >= 0.3 is 0 Å². The van der Waals surface area contributed by atoms with Gasteiger partial charge in [-0.15, -0.1) is 0 Å². The van der Waals surface area contributed by atoms with Crippen LogP contribution >= 0.6 is 0 Å². The molecule has 2 amide bonds. The fourth-order valence-electron chi connectivity index (χ4n) is 2.71. The number of methoxy groups -OCH3 is 1. The molecule has 2 atom stereocenters. The van der Waals surface area contributed by atoms with Gasteiger partial charge in [0.25, 0.3) is 0 Å². The minimum Gasteiger partial charge on any atom is -0.495 e. The smallest absolute Gasteiger partial charge is 0.242 e. The zero-order valence-corrected chi connectivity index (χ0v) is 16.2. The average molecular weight is 369 g/mol. The third-order valence-corrected chi connectivity index (χ3v) is 4.24. The first-order valence-electron chi connectivity index (χ1n) is 8.95. The molecular formula is C21H27N3O3. The molecule has 2 aromatic rings. The molecule has 0 spiro atoms. The minimum atomic E-state index is -0.463. The number of carbonyl (C=O) groups excluding carboxylic acids is 2. The molecule has 0 aromatic heterocycles. The van der Waals surface area contributed by atoms with Gasteiger partial charge in [0, 0.05) is 19.2 Å². The number of amides is 2. The van der Waals surface area contributed by atoms with Crippen LogP contribution in [0.1, 0.15) is 32.3 Å². The van der Waals surface area contributed by atoms with E-state index >= 15 is 0 Å². The number of benzene rings is 2. The first kappa shape index (κ1) is 20.3. The van der Waals surface area contributed by atoms with Crippen LogP contribution in [0.5, 0.6) is 5.75 Å². The summed E-state index contributed by atoms with van der Waals surface area (Å²) < 4.78 is 5.34. The SMILES string of the molecule is COc1ccc(NC(C)=O)cc1N[C@H](C)C(=O)NC[C@H](C)c1ccccc1. The second-order valence-electron chi connectivity index (χ2n) is 6.52. The molecule has 2 rings (SSSR count). The number of hydrogen-bond acceptors (Lipinski definition) is 4. The van der Waals surface area contributed by atoms with E-state index in [2.05, 4.69) is 35.0 Å². The molecule has 0 saturated carbocycles. The van der Waals surface area contributed by atoms with Crippen LogP contribution in [0.3, 0.4) is 0 Å². The summed E-state index contributed by atoms with van der Waals surface area (Å²) in [6.45, 7) is 5.86.